The van der Waals surface area contributed by atoms with Crippen molar-refractivity contribution in [2.24, 2.45) is 0 Å². The van der Waals surface area contributed by atoms with Gasteiger partial charge < -0.3 is 5.11 Å². The topological polar surface area (TPSA) is 91.8 Å². The van der Waals surface area contributed by atoms with Gasteiger partial charge in [0.2, 0.25) is 0 Å². The van der Waals surface area contributed by atoms with Crippen LogP contribution in [0.25, 0.3) is 15.8 Å². The Morgan fingerprint density at radius 2 is 1.86 bits per heavy atom. The zero-order valence-corrected chi connectivity index (χ0v) is 16.1. The second-order valence-corrected chi connectivity index (χ2v) is 7.88. The standard InChI is InChI=1S/C22H16N4O2S/c27-20(28)18-19(25-26-24-18)22(21-23-16-8-4-5-9-17(16)29-21)12-10-15(11-13-22)14-6-2-1-3-7-14/h1-12H,13H2,(H,27,28)(H,24,25,26). The van der Waals surface area contributed by atoms with E-state index in [-0.39, 0.29) is 5.69 Å². The van der Waals surface area contributed by atoms with Crippen molar-refractivity contribution >= 4 is 33.1 Å². The van der Waals surface area contributed by atoms with Crippen LogP contribution >= 0.6 is 11.3 Å². The summed E-state index contributed by atoms with van der Waals surface area (Å²) in [4.78, 5) is 16.6. The molecule has 0 bridgehead atoms. The lowest BCUT2D eigenvalue weighted by Gasteiger charge is -2.29. The van der Waals surface area contributed by atoms with Gasteiger partial charge in [0.05, 0.1) is 15.6 Å². The Balaban J connectivity index is 1.67. The summed E-state index contributed by atoms with van der Waals surface area (Å²) in [7, 11) is 0. The van der Waals surface area contributed by atoms with E-state index in [9.17, 15) is 9.90 Å². The van der Waals surface area contributed by atoms with Gasteiger partial charge in [0, 0.05) is 0 Å². The molecular weight excluding hydrogens is 384 g/mol. The number of allylic oxidation sites excluding steroid dienone is 4. The number of aromatic amines is 1. The Morgan fingerprint density at radius 3 is 2.59 bits per heavy atom. The Morgan fingerprint density at radius 1 is 1.07 bits per heavy atom. The van der Waals surface area contributed by atoms with E-state index in [1.807, 2.05) is 54.6 Å². The smallest absolute Gasteiger partial charge is 0.358 e. The van der Waals surface area contributed by atoms with E-state index in [0.29, 0.717) is 12.1 Å². The highest BCUT2D eigenvalue weighted by atomic mass is 32.1. The highest BCUT2D eigenvalue weighted by Gasteiger charge is 2.42. The fourth-order valence-electron chi connectivity index (χ4n) is 3.67. The van der Waals surface area contributed by atoms with Crippen LogP contribution in [0.4, 0.5) is 0 Å². The van der Waals surface area contributed by atoms with Crippen LogP contribution in [0.5, 0.6) is 0 Å². The second-order valence-electron chi connectivity index (χ2n) is 6.85. The van der Waals surface area contributed by atoms with Crippen molar-refractivity contribution in [1.82, 2.24) is 20.4 Å². The molecule has 1 unspecified atom stereocenters. The number of carbonyl (C=O) groups is 1. The number of hydrogen-bond donors (Lipinski definition) is 2. The summed E-state index contributed by atoms with van der Waals surface area (Å²) in [5.74, 6) is -1.11. The van der Waals surface area contributed by atoms with E-state index >= 15 is 0 Å². The number of carboxylic acids is 1. The molecule has 1 atom stereocenters. The van der Waals surface area contributed by atoms with Gasteiger partial charge in [0.1, 0.15) is 10.7 Å². The number of nitrogens with one attached hydrogen (secondary N) is 1. The molecule has 7 heteroatoms. The SMILES string of the molecule is O=C(O)c1n[nH]nc1C1(c2nc3ccccc3s2)C=CC(c2ccccc2)=CC1. The number of aromatic carboxylic acids is 1. The van der Waals surface area contributed by atoms with Gasteiger partial charge in [-0.1, -0.05) is 60.7 Å². The molecule has 0 saturated heterocycles. The van der Waals surface area contributed by atoms with Crippen LogP contribution in [0, 0.1) is 0 Å². The van der Waals surface area contributed by atoms with E-state index in [1.165, 1.54) is 0 Å². The molecular formula is C22H16N4O2S. The Kier molecular flexibility index (Phi) is 4.10. The quantitative estimate of drug-likeness (QED) is 0.528. The van der Waals surface area contributed by atoms with Gasteiger partial charge >= 0.3 is 5.97 Å². The third kappa shape index (κ3) is 2.87. The summed E-state index contributed by atoms with van der Waals surface area (Å²) in [6, 6.07) is 18.0. The lowest BCUT2D eigenvalue weighted by molar-refractivity contribution is 0.0688. The molecule has 5 rings (SSSR count). The number of thiazole rings is 1. The highest BCUT2D eigenvalue weighted by Crippen LogP contribution is 2.44. The predicted octanol–water partition coefficient (Wildman–Crippen LogP) is 4.44. The molecule has 0 saturated carbocycles. The molecule has 1 aliphatic rings. The molecule has 2 heterocycles. The Hall–Kier alpha value is -3.58. The van der Waals surface area contributed by atoms with Gasteiger partial charge in [0.15, 0.2) is 5.69 Å². The molecule has 0 radical (unpaired) electrons. The van der Waals surface area contributed by atoms with Crippen molar-refractivity contribution in [3.05, 3.63) is 94.8 Å². The first-order valence-electron chi connectivity index (χ1n) is 9.13. The van der Waals surface area contributed by atoms with E-state index in [0.717, 1.165) is 26.4 Å². The van der Waals surface area contributed by atoms with Gasteiger partial charge in [0.25, 0.3) is 0 Å². The normalized spacial score (nSPS) is 18.7. The van der Waals surface area contributed by atoms with Crippen LogP contribution in [0.15, 0.2) is 72.8 Å². The van der Waals surface area contributed by atoms with Gasteiger partial charge in [-0.05, 0) is 29.7 Å². The molecule has 2 N–H and O–H groups in total. The summed E-state index contributed by atoms with van der Waals surface area (Å²) >= 11 is 1.55. The number of nitrogens with zero attached hydrogens (tertiary/aromatic N) is 3. The molecule has 6 nitrogen and oxygen atoms in total. The molecule has 0 fully saturated rings. The number of hydrogen-bond acceptors (Lipinski definition) is 5. The first-order chi connectivity index (χ1) is 14.2. The van der Waals surface area contributed by atoms with Crippen LogP contribution in [0.2, 0.25) is 0 Å². The van der Waals surface area contributed by atoms with Crippen LogP contribution in [-0.2, 0) is 5.41 Å². The number of H-pyrrole nitrogens is 1. The third-order valence-corrected chi connectivity index (χ3v) is 6.36. The van der Waals surface area contributed by atoms with Crippen LogP contribution in [-0.4, -0.2) is 31.5 Å². The molecule has 1 aliphatic carbocycles. The highest BCUT2D eigenvalue weighted by molar-refractivity contribution is 7.18. The molecule has 2 aromatic carbocycles. The number of para-hydroxylation sites is 1. The lowest BCUT2D eigenvalue weighted by Crippen LogP contribution is -2.29. The van der Waals surface area contributed by atoms with Crippen molar-refractivity contribution in [3.63, 3.8) is 0 Å². The van der Waals surface area contributed by atoms with Crippen LogP contribution in [0.3, 0.4) is 0 Å². The maximum Gasteiger partial charge on any atom is 0.358 e. The lowest BCUT2D eigenvalue weighted by atomic mass is 9.76. The summed E-state index contributed by atoms with van der Waals surface area (Å²) in [5.41, 5.74) is 2.60. The van der Waals surface area contributed by atoms with Gasteiger partial charge in [-0.25, -0.2) is 9.78 Å². The number of benzene rings is 2. The number of aromatic nitrogens is 4. The van der Waals surface area contributed by atoms with Crippen molar-refractivity contribution in [1.29, 1.82) is 0 Å². The average Bonchev–Trinajstić information content (AvgIpc) is 3.42. The fraction of sp³-hybridized carbons (Fsp3) is 0.0909. The van der Waals surface area contributed by atoms with Crippen molar-refractivity contribution < 1.29 is 9.90 Å². The van der Waals surface area contributed by atoms with E-state index in [2.05, 4.69) is 33.6 Å². The Labute approximate surface area is 170 Å². The zero-order chi connectivity index (χ0) is 19.8. The molecule has 4 aromatic rings. The number of fused-ring (bicyclic) bond motifs is 1. The van der Waals surface area contributed by atoms with Gasteiger partial charge in [-0.3, -0.25) is 0 Å². The number of rotatable bonds is 4. The van der Waals surface area contributed by atoms with E-state index in [4.69, 9.17) is 4.98 Å². The fourth-order valence-corrected chi connectivity index (χ4v) is 4.82. The maximum atomic E-state index is 11.8. The first-order valence-corrected chi connectivity index (χ1v) is 9.94. The molecule has 0 spiro atoms. The number of carboxylic acid groups (broad SMARTS) is 1. The Bertz CT molecular complexity index is 1240. The van der Waals surface area contributed by atoms with Crippen LogP contribution < -0.4 is 0 Å². The van der Waals surface area contributed by atoms with Crippen LogP contribution in [0.1, 0.15) is 33.2 Å². The minimum absolute atomic E-state index is 0.0783. The predicted molar refractivity (Wildman–Crippen MR) is 112 cm³/mol. The van der Waals surface area contributed by atoms with Crippen molar-refractivity contribution in [2.45, 2.75) is 11.8 Å². The monoisotopic (exact) mass is 400 g/mol. The zero-order valence-electron chi connectivity index (χ0n) is 15.2. The van der Waals surface area contributed by atoms with Gasteiger partial charge in [-0.2, -0.15) is 10.3 Å². The average molecular weight is 400 g/mol. The first kappa shape index (κ1) is 17.5. The summed E-state index contributed by atoms with van der Waals surface area (Å²) in [5, 5.41) is 21.1. The van der Waals surface area contributed by atoms with E-state index in [1.54, 1.807) is 11.3 Å². The molecule has 29 heavy (non-hydrogen) atoms. The second kappa shape index (κ2) is 6.79. The molecule has 0 aliphatic heterocycles. The minimum Gasteiger partial charge on any atom is -0.476 e. The summed E-state index contributed by atoms with van der Waals surface area (Å²) < 4.78 is 1.05. The third-order valence-electron chi connectivity index (χ3n) is 5.15. The van der Waals surface area contributed by atoms with E-state index < -0.39 is 11.4 Å². The van der Waals surface area contributed by atoms with Crippen molar-refractivity contribution in [2.75, 3.05) is 0 Å². The molecule has 2 aromatic heterocycles. The minimum atomic E-state index is -1.11. The molecule has 142 valence electrons. The maximum absolute atomic E-state index is 11.8. The summed E-state index contributed by atoms with van der Waals surface area (Å²) in [6.07, 6.45) is 6.69. The molecule has 0 amide bonds. The van der Waals surface area contributed by atoms with Crippen molar-refractivity contribution in [3.8, 4) is 0 Å². The van der Waals surface area contributed by atoms with Gasteiger partial charge in [-0.15, -0.1) is 16.4 Å². The summed E-state index contributed by atoms with van der Waals surface area (Å²) in [6.45, 7) is 0. The largest absolute Gasteiger partial charge is 0.476 e.